The second-order valence-electron chi connectivity index (χ2n) is 4.94. The van der Waals surface area contributed by atoms with Gasteiger partial charge in [-0.2, -0.15) is 5.26 Å². The Labute approximate surface area is 133 Å². The Kier molecular flexibility index (Phi) is 5.22. The molecule has 1 N–H and O–H groups in total. The van der Waals surface area contributed by atoms with Crippen LogP contribution in [0.2, 0.25) is 0 Å². The molecule has 0 atom stereocenters. The van der Waals surface area contributed by atoms with Crippen molar-refractivity contribution < 1.29 is 4.92 Å². The van der Waals surface area contributed by atoms with Crippen LogP contribution in [0.5, 0.6) is 0 Å². The van der Waals surface area contributed by atoms with Gasteiger partial charge in [-0.3, -0.25) is 15.4 Å². The lowest BCUT2D eigenvalue weighted by Gasteiger charge is -2.18. The predicted molar refractivity (Wildman–Crippen MR) is 88.6 cm³/mol. The molecule has 0 saturated carbocycles. The molecule has 2 rings (SSSR count). The van der Waals surface area contributed by atoms with Gasteiger partial charge in [0.1, 0.15) is 5.69 Å². The average molecular weight is 319 g/mol. The molecule has 116 valence electrons. The van der Waals surface area contributed by atoms with Gasteiger partial charge >= 0.3 is 0 Å². The fourth-order valence-electron chi connectivity index (χ4n) is 2.43. The van der Waals surface area contributed by atoms with Crippen molar-refractivity contribution in [3.63, 3.8) is 0 Å². The van der Waals surface area contributed by atoms with Crippen LogP contribution in [0.15, 0.2) is 17.1 Å². The molecular weight excluding hydrogens is 302 g/mol. The van der Waals surface area contributed by atoms with Crippen molar-refractivity contribution in [3.8, 4) is 6.19 Å². The van der Waals surface area contributed by atoms with Crippen LogP contribution in [-0.2, 0) is 0 Å². The summed E-state index contributed by atoms with van der Waals surface area (Å²) < 4.78 is 0. The van der Waals surface area contributed by atoms with E-state index in [0.29, 0.717) is 22.1 Å². The highest BCUT2D eigenvalue weighted by molar-refractivity contribution is 8.13. The number of benzene rings is 1. The summed E-state index contributed by atoms with van der Waals surface area (Å²) in [7, 11) is 0. The van der Waals surface area contributed by atoms with E-state index in [1.54, 1.807) is 19.1 Å². The van der Waals surface area contributed by atoms with Crippen molar-refractivity contribution in [2.75, 3.05) is 24.2 Å². The van der Waals surface area contributed by atoms with Gasteiger partial charge in [0.15, 0.2) is 11.4 Å². The van der Waals surface area contributed by atoms with Crippen molar-refractivity contribution in [2.45, 2.75) is 19.8 Å². The topological polar surface area (TPSA) is 94.6 Å². The molecule has 1 aliphatic heterocycles. The highest BCUT2D eigenvalue weighted by Crippen LogP contribution is 2.36. The Morgan fingerprint density at radius 1 is 1.50 bits per heavy atom. The third-order valence-electron chi connectivity index (χ3n) is 3.51. The molecule has 0 aliphatic carbocycles. The summed E-state index contributed by atoms with van der Waals surface area (Å²) in [6.45, 7) is 3.42. The molecule has 0 unspecified atom stereocenters. The first kappa shape index (κ1) is 16.1. The van der Waals surface area contributed by atoms with Crippen LogP contribution in [0.25, 0.3) is 0 Å². The number of nitro groups is 1. The van der Waals surface area contributed by atoms with Gasteiger partial charge in [-0.15, -0.1) is 0 Å². The Hall–Kier alpha value is -2.27. The molecule has 22 heavy (non-hydrogen) atoms. The highest BCUT2D eigenvalue weighted by Gasteiger charge is 2.23. The van der Waals surface area contributed by atoms with E-state index in [0.717, 1.165) is 25.9 Å². The number of anilines is 1. The van der Waals surface area contributed by atoms with Gasteiger partial charge in [0.05, 0.1) is 10.6 Å². The van der Waals surface area contributed by atoms with Gasteiger partial charge < -0.3 is 4.90 Å². The van der Waals surface area contributed by atoms with Crippen LogP contribution in [0, 0.1) is 28.5 Å². The molecule has 1 aliphatic rings. The molecule has 1 fully saturated rings. The molecule has 1 saturated heterocycles. The molecule has 0 spiro atoms. The van der Waals surface area contributed by atoms with Gasteiger partial charge in [-0.25, -0.2) is 4.99 Å². The number of nitrogens with one attached hydrogen (secondary N) is 1. The number of hydrogen-bond donors (Lipinski definition) is 1. The maximum Gasteiger partial charge on any atom is 0.292 e. The summed E-state index contributed by atoms with van der Waals surface area (Å²) in [5, 5.41) is 23.0. The minimum absolute atomic E-state index is 0.109. The van der Waals surface area contributed by atoms with Gasteiger partial charge in [0, 0.05) is 19.2 Å². The molecule has 1 aromatic rings. The van der Waals surface area contributed by atoms with Crippen LogP contribution in [0.3, 0.4) is 0 Å². The van der Waals surface area contributed by atoms with Gasteiger partial charge in [0.25, 0.3) is 5.69 Å². The highest BCUT2D eigenvalue weighted by atomic mass is 32.2. The molecule has 0 radical (unpaired) electrons. The van der Waals surface area contributed by atoms with Crippen molar-refractivity contribution in [2.24, 2.45) is 4.99 Å². The summed E-state index contributed by atoms with van der Waals surface area (Å²) in [6, 6.07) is 3.30. The lowest BCUT2D eigenvalue weighted by atomic mass is 10.1. The van der Waals surface area contributed by atoms with E-state index in [9.17, 15) is 10.1 Å². The van der Waals surface area contributed by atoms with E-state index in [1.165, 1.54) is 11.8 Å². The number of thioether (sulfide) groups is 1. The van der Waals surface area contributed by atoms with Crippen molar-refractivity contribution >= 4 is 34.0 Å². The second kappa shape index (κ2) is 7.13. The van der Waals surface area contributed by atoms with Crippen LogP contribution < -0.4 is 10.2 Å². The first-order chi connectivity index (χ1) is 10.6. The number of nitro benzene ring substituents is 1. The van der Waals surface area contributed by atoms with Gasteiger partial charge in [0.2, 0.25) is 0 Å². The Morgan fingerprint density at radius 2 is 2.18 bits per heavy atom. The van der Waals surface area contributed by atoms with E-state index in [-0.39, 0.29) is 10.6 Å². The van der Waals surface area contributed by atoms with E-state index in [2.05, 4.69) is 10.3 Å². The number of aryl methyl sites for hydroxylation is 1. The number of nitriles is 1. The Morgan fingerprint density at radius 3 is 2.73 bits per heavy atom. The normalized spacial score (nSPS) is 14.8. The minimum Gasteiger partial charge on any atom is -0.366 e. The molecule has 7 nitrogen and oxygen atoms in total. The van der Waals surface area contributed by atoms with Crippen LogP contribution in [0.1, 0.15) is 18.4 Å². The number of rotatable bonds is 3. The Bertz CT molecular complexity index is 647. The summed E-state index contributed by atoms with van der Waals surface area (Å²) in [4.78, 5) is 17.4. The molecule has 0 amide bonds. The lowest BCUT2D eigenvalue weighted by molar-refractivity contribution is -0.384. The minimum atomic E-state index is -0.350. The van der Waals surface area contributed by atoms with Crippen molar-refractivity contribution in [1.82, 2.24) is 5.32 Å². The lowest BCUT2D eigenvalue weighted by Crippen LogP contribution is -2.19. The van der Waals surface area contributed by atoms with Crippen LogP contribution >= 0.6 is 11.8 Å². The molecule has 0 bridgehead atoms. The third kappa shape index (κ3) is 3.49. The van der Waals surface area contributed by atoms with E-state index >= 15 is 0 Å². The van der Waals surface area contributed by atoms with Gasteiger partial charge in [-0.1, -0.05) is 11.8 Å². The molecule has 1 aromatic carbocycles. The van der Waals surface area contributed by atoms with Crippen molar-refractivity contribution in [3.05, 3.63) is 27.8 Å². The fraction of sp³-hybridized carbons (Fsp3) is 0.429. The first-order valence-corrected chi connectivity index (χ1v) is 8.11. The SMILES string of the molecule is CSC(=Nc1cc(N2CCCC2)c([N+](=O)[O-])cc1C)NC#N. The molecule has 8 heteroatoms. The maximum absolute atomic E-state index is 11.3. The second-order valence-corrected chi connectivity index (χ2v) is 5.73. The van der Waals surface area contributed by atoms with Crippen LogP contribution in [-0.4, -0.2) is 29.4 Å². The standard InChI is InChI=1S/C14H17N5O2S/c1-10-7-13(19(20)21)12(18-5-3-4-6-18)8-11(10)17-14(22-2)16-9-15/h7-8H,3-6H2,1-2H3,(H,16,17). The van der Waals surface area contributed by atoms with E-state index < -0.39 is 0 Å². The number of hydrogen-bond acceptors (Lipinski definition) is 6. The first-order valence-electron chi connectivity index (χ1n) is 6.88. The van der Waals surface area contributed by atoms with Crippen molar-refractivity contribution in [1.29, 1.82) is 5.26 Å². The zero-order valence-electron chi connectivity index (χ0n) is 12.5. The smallest absolute Gasteiger partial charge is 0.292 e. The predicted octanol–water partition coefficient (Wildman–Crippen LogP) is 2.92. The molecular formula is C14H17N5O2S. The zero-order chi connectivity index (χ0) is 16.1. The van der Waals surface area contributed by atoms with Crippen LogP contribution in [0.4, 0.5) is 17.1 Å². The summed E-state index contributed by atoms with van der Waals surface area (Å²) >= 11 is 1.32. The molecule has 1 heterocycles. The Balaban J connectivity index is 2.49. The number of aliphatic imine (C=N–C) groups is 1. The number of nitrogens with zero attached hydrogens (tertiary/aromatic N) is 4. The maximum atomic E-state index is 11.3. The summed E-state index contributed by atoms with van der Waals surface area (Å²) in [5.41, 5.74) is 2.06. The van der Waals surface area contributed by atoms with E-state index in [1.807, 2.05) is 17.3 Å². The number of amidine groups is 1. The largest absolute Gasteiger partial charge is 0.366 e. The monoisotopic (exact) mass is 319 g/mol. The average Bonchev–Trinajstić information content (AvgIpc) is 3.02. The zero-order valence-corrected chi connectivity index (χ0v) is 13.3. The molecule has 0 aromatic heterocycles. The summed E-state index contributed by atoms with van der Waals surface area (Å²) in [5.74, 6) is 0. The summed E-state index contributed by atoms with van der Waals surface area (Å²) in [6.07, 6.45) is 5.72. The van der Waals surface area contributed by atoms with E-state index in [4.69, 9.17) is 5.26 Å². The quantitative estimate of drug-likeness (QED) is 0.230. The third-order valence-corrected chi connectivity index (χ3v) is 4.09. The van der Waals surface area contributed by atoms with Gasteiger partial charge in [-0.05, 0) is 37.7 Å². The fourth-order valence-corrected chi connectivity index (χ4v) is 2.77.